The highest BCUT2D eigenvalue weighted by Gasteiger charge is 2.30. The molecule has 0 radical (unpaired) electrons. The number of rotatable bonds is 48. The average Bonchev–Trinajstić information content (AvgIpc) is 3.29. The first-order chi connectivity index (χ1) is 32.9. The van der Waals surface area contributed by atoms with Gasteiger partial charge in [0.25, 0.3) is 0 Å². The smallest absolute Gasteiger partial charge is 0.456 e. The second-order valence-corrected chi connectivity index (χ2v) is 20.9. The summed E-state index contributed by atoms with van der Waals surface area (Å²) < 4.78 is 30.5. The number of hydrogen-bond donors (Lipinski definition) is 2. The average molecular weight is 972 g/mol. The molecule has 0 saturated carbocycles. The molecule has 10 heteroatoms. The lowest BCUT2D eigenvalue weighted by molar-refractivity contribution is -0.870. The van der Waals surface area contributed by atoms with Gasteiger partial charge in [0.05, 0.1) is 33.8 Å². The van der Waals surface area contributed by atoms with E-state index in [4.69, 9.17) is 13.8 Å². The van der Waals surface area contributed by atoms with E-state index in [1.807, 2.05) is 33.3 Å². The number of allylic oxidation sites excluding steroid dienone is 13. The van der Waals surface area contributed by atoms with Crippen molar-refractivity contribution in [3.8, 4) is 0 Å². The van der Waals surface area contributed by atoms with Crippen molar-refractivity contribution >= 4 is 19.7 Å². The van der Waals surface area contributed by atoms with Crippen LogP contribution < -0.4 is 5.32 Å². The fourth-order valence-corrected chi connectivity index (χ4v) is 8.16. The quantitative estimate of drug-likeness (QED) is 0.0156. The number of likely N-dealkylation sites (N-methyl/N-ethyl adjacent to an activating group) is 1. The van der Waals surface area contributed by atoms with Gasteiger partial charge < -0.3 is 19.4 Å². The molecule has 0 fully saturated rings. The molecule has 0 spiro atoms. The molecular weight excluding hydrogens is 868 g/mol. The summed E-state index contributed by atoms with van der Waals surface area (Å²) in [5.74, 6) is -0.550. The van der Waals surface area contributed by atoms with Crippen LogP contribution in [0, 0.1) is 0 Å². The zero-order valence-electron chi connectivity index (χ0n) is 44.6. The van der Waals surface area contributed by atoms with Gasteiger partial charge in [-0.3, -0.25) is 18.6 Å². The van der Waals surface area contributed by atoms with Gasteiger partial charge in [-0.2, -0.15) is 0 Å². The fourth-order valence-electron chi connectivity index (χ4n) is 7.42. The number of ether oxygens (including phenoxy) is 1. The molecule has 0 saturated heterocycles. The summed E-state index contributed by atoms with van der Waals surface area (Å²) in [7, 11) is 1.46. The zero-order valence-corrected chi connectivity index (χ0v) is 45.5. The third-order valence-corrected chi connectivity index (χ3v) is 12.6. The maximum atomic E-state index is 13.5. The lowest BCUT2D eigenvalue weighted by Crippen LogP contribution is -2.47. The van der Waals surface area contributed by atoms with E-state index in [1.54, 1.807) is 0 Å². The molecule has 0 aromatic heterocycles. The molecule has 0 aliphatic rings. The van der Waals surface area contributed by atoms with E-state index in [9.17, 15) is 19.0 Å². The maximum Gasteiger partial charge on any atom is 0.472 e. The van der Waals surface area contributed by atoms with Crippen LogP contribution in [0.15, 0.2) is 85.1 Å². The third kappa shape index (κ3) is 48.2. The lowest BCUT2D eigenvalue weighted by atomic mass is 10.0. The molecule has 0 aliphatic heterocycles. The van der Waals surface area contributed by atoms with Gasteiger partial charge in [0.1, 0.15) is 19.3 Å². The molecule has 1 amide bonds. The lowest BCUT2D eigenvalue weighted by Gasteiger charge is -2.27. The molecule has 3 atom stereocenters. The standard InChI is InChI=1S/C58H103N2O7P/c1-7-10-13-16-19-22-25-28-30-32-35-38-41-44-47-50-57(61)59-55(54-66-68(63,64)65-53-52-60(4,5)6)56(49-46-43-40-37-34-31-27-24-21-18-15-12-9-3)67-58(62)51-48-45-42-39-36-33-29-26-23-20-17-14-11-8-2/h10-11,13-14,16,19-20,22-23,25,29,33,46,49,55-56H,7-9,12,15,17-18,21,24,26-28,30-32,34-45,47-48,50-54H2,1-6H3,(H-,59,61,63,64)/p+1/b13-10+,14-11+,19-16+,23-20+,25-22+,33-29+,49-46+. The van der Waals surface area contributed by atoms with Gasteiger partial charge in [0.15, 0.2) is 0 Å². The highest BCUT2D eigenvalue weighted by atomic mass is 31.2. The first-order valence-electron chi connectivity index (χ1n) is 27.4. The Labute approximate surface area is 418 Å². The van der Waals surface area contributed by atoms with Crippen molar-refractivity contribution in [2.75, 3.05) is 40.9 Å². The number of quaternary nitrogens is 1. The number of nitrogens with one attached hydrogen (secondary N) is 1. The van der Waals surface area contributed by atoms with Crippen molar-refractivity contribution in [3.63, 3.8) is 0 Å². The monoisotopic (exact) mass is 972 g/mol. The summed E-state index contributed by atoms with van der Waals surface area (Å²) in [5, 5.41) is 3.03. The first-order valence-corrected chi connectivity index (χ1v) is 28.9. The second-order valence-electron chi connectivity index (χ2n) is 19.4. The zero-order chi connectivity index (χ0) is 50.1. The van der Waals surface area contributed by atoms with Crippen LogP contribution in [-0.2, 0) is 27.9 Å². The Balaban J connectivity index is 5.47. The normalized spacial score (nSPS) is 14.5. The molecule has 0 rings (SSSR count). The van der Waals surface area contributed by atoms with Gasteiger partial charge >= 0.3 is 13.8 Å². The van der Waals surface area contributed by atoms with Crippen LogP contribution in [0.25, 0.3) is 0 Å². The van der Waals surface area contributed by atoms with Crippen LogP contribution >= 0.6 is 7.82 Å². The third-order valence-electron chi connectivity index (χ3n) is 11.6. The summed E-state index contributed by atoms with van der Waals surface area (Å²) >= 11 is 0. The van der Waals surface area contributed by atoms with E-state index in [0.29, 0.717) is 23.9 Å². The minimum atomic E-state index is -4.45. The summed E-state index contributed by atoms with van der Waals surface area (Å²) in [6.07, 6.45) is 61.4. The SMILES string of the molecule is CC/C=C/C=C/C=C/CCCCCCCCCC(=O)NC(COP(=O)(O)OCC[N+](C)(C)C)C(/C=C/CCCCCCCCCCCCC)OC(=O)CCCCCC/C=C/C/C=C/C/C=C/CC. The Morgan fingerprint density at radius 3 is 1.57 bits per heavy atom. The van der Waals surface area contributed by atoms with Gasteiger partial charge in [-0.15, -0.1) is 0 Å². The first kappa shape index (κ1) is 65.2. The van der Waals surface area contributed by atoms with Crippen LogP contribution in [0.4, 0.5) is 0 Å². The fraction of sp³-hybridized carbons (Fsp3) is 0.724. The number of nitrogens with zero attached hydrogens (tertiary/aromatic N) is 1. The van der Waals surface area contributed by atoms with E-state index >= 15 is 0 Å². The van der Waals surface area contributed by atoms with Crippen molar-refractivity contribution in [1.82, 2.24) is 5.32 Å². The molecule has 0 bridgehead atoms. The number of carbonyl (C=O) groups excluding carboxylic acids is 2. The Bertz CT molecular complexity index is 1440. The number of hydrogen-bond acceptors (Lipinski definition) is 6. The molecular formula is C58H104N2O7P+. The summed E-state index contributed by atoms with van der Waals surface area (Å²) in [6, 6.07) is -0.866. The predicted molar refractivity (Wildman–Crippen MR) is 291 cm³/mol. The van der Waals surface area contributed by atoms with Crippen LogP contribution in [0.1, 0.15) is 220 Å². The van der Waals surface area contributed by atoms with Gasteiger partial charge in [0, 0.05) is 12.8 Å². The Hall–Kier alpha value is -2.81. The minimum absolute atomic E-state index is 0.0300. The molecule has 2 N–H and O–H groups in total. The highest BCUT2D eigenvalue weighted by molar-refractivity contribution is 7.47. The van der Waals surface area contributed by atoms with E-state index in [-0.39, 0.29) is 31.5 Å². The van der Waals surface area contributed by atoms with Crippen LogP contribution in [0.2, 0.25) is 0 Å². The summed E-state index contributed by atoms with van der Waals surface area (Å²) in [5.41, 5.74) is 0. The van der Waals surface area contributed by atoms with Gasteiger partial charge in [-0.05, 0) is 83.1 Å². The molecule has 3 unspecified atom stereocenters. The number of carbonyl (C=O) groups is 2. The van der Waals surface area contributed by atoms with Crippen molar-refractivity contribution < 1.29 is 37.3 Å². The van der Waals surface area contributed by atoms with Crippen LogP contribution in [0.5, 0.6) is 0 Å². The van der Waals surface area contributed by atoms with Crippen molar-refractivity contribution in [2.24, 2.45) is 0 Å². The van der Waals surface area contributed by atoms with E-state index in [1.165, 1.54) is 77.0 Å². The van der Waals surface area contributed by atoms with Crippen molar-refractivity contribution in [1.29, 1.82) is 0 Å². The van der Waals surface area contributed by atoms with Gasteiger partial charge in [-0.25, -0.2) is 4.57 Å². The molecule has 68 heavy (non-hydrogen) atoms. The van der Waals surface area contributed by atoms with E-state index in [0.717, 1.165) is 103 Å². The number of esters is 1. The Morgan fingerprint density at radius 1 is 0.544 bits per heavy atom. The predicted octanol–water partition coefficient (Wildman–Crippen LogP) is 16.3. The van der Waals surface area contributed by atoms with E-state index in [2.05, 4.69) is 99.0 Å². The maximum absolute atomic E-state index is 13.5. The van der Waals surface area contributed by atoms with Gasteiger partial charge in [-0.1, -0.05) is 209 Å². The summed E-state index contributed by atoms with van der Waals surface area (Å²) in [4.78, 5) is 37.5. The van der Waals surface area contributed by atoms with Crippen LogP contribution in [0.3, 0.4) is 0 Å². The number of unbranched alkanes of at least 4 members (excludes halogenated alkanes) is 22. The Morgan fingerprint density at radius 2 is 1.01 bits per heavy atom. The van der Waals surface area contributed by atoms with Crippen molar-refractivity contribution in [2.45, 2.75) is 232 Å². The highest BCUT2D eigenvalue weighted by Crippen LogP contribution is 2.43. The van der Waals surface area contributed by atoms with Crippen LogP contribution in [-0.4, -0.2) is 74.3 Å². The second kappa shape index (κ2) is 47.8. The Kier molecular flexibility index (Phi) is 45.9. The van der Waals surface area contributed by atoms with E-state index < -0.39 is 20.0 Å². The molecule has 0 aliphatic carbocycles. The number of phosphoric ester groups is 1. The topological polar surface area (TPSA) is 111 Å². The molecule has 9 nitrogen and oxygen atoms in total. The molecule has 392 valence electrons. The number of phosphoric acid groups is 1. The number of amides is 1. The minimum Gasteiger partial charge on any atom is -0.456 e. The molecule has 0 aromatic carbocycles. The van der Waals surface area contributed by atoms with Crippen molar-refractivity contribution in [3.05, 3.63) is 85.1 Å². The molecule has 0 aromatic rings. The molecule has 0 heterocycles. The largest absolute Gasteiger partial charge is 0.472 e. The summed E-state index contributed by atoms with van der Waals surface area (Å²) in [6.45, 7) is 6.73. The van der Waals surface area contributed by atoms with Gasteiger partial charge in [0.2, 0.25) is 5.91 Å².